The quantitative estimate of drug-likeness (QED) is 0.679. The van der Waals surface area contributed by atoms with Crippen molar-refractivity contribution in [1.29, 1.82) is 0 Å². The van der Waals surface area contributed by atoms with Gasteiger partial charge in [-0.3, -0.25) is 9.89 Å². The largest absolute Gasteiger partial charge is 0.417 e. The molecule has 0 aliphatic rings. The summed E-state index contributed by atoms with van der Waals surface area (Å²) in [7, 11) is 0. The molecule has 0 radical (unpaired) electrons. The van der Waals surface area contributed by atoms with Crippen LogP contribution in [0.4, 0.5) is 19.0 Å². The Morgan fingerprint density at radius 2 is 2.13 bits per heavy atom. The first kappa shape index (κ1) is 16.9. The number of aromatic nitrogens is 3. The Balaban J connectivity index is 1.80. The summed E-state index contributed by atoms with van der Waals surface area (Å²) >= 11 is 0. The van der Waals surface area contributed by atoms with Gasteiger partial charge >= 0.3 is 6.18 Å². The van der Waals surface area contributed by atoms with Gasteiger partial charge in [0.1, 0.15) is 11.5 Å². The van der Waals surface area contributed by atoms with E-state index in [0.717, 1.165) is 17.8 Å². The third-order valence-electron chi connectivity index (χ3n) is 3.12. The van der Waals surface area contributed by atoms with Crippen LogP contribution in [0.25, 0.3) is 0 Å². The van der Waals surface area contributed by atoms with Crippen molar-refractivity contribution in [3.63, 3.8) is 0 Å². The smallest absolute Gasteiger partial charge is 0.366 e. The van der Waals surface area contributed by atoms with Gasteiger partial charge in [-0.2, -0.15) is 18.3 Å². The normalized spacial score (nSPS) is 12.9. The number of alkyl halides is 3. The molecule has 0 spiro atoms. The minimum Gasteiger partial charge on any atom is -0.366 e. The minimum atomic E-state index is -4.39. The van der Waals surface area contributed by atoms with E-state index in [2.05, 4.69) is 25.8 Å². The number of carbonyl (C=O) groups excluding carboxylic acids is 1. The summed E-state index contributed by atoms with van der Waals surface area (Å²) < 4.78 is 37.3. The van der Waals surface area contributed by atoms with Crippen molar-refractivity contribution in [1.82, 2.24) is 20.5 Å². The molecule has 0 aliphatic carbocycles. The Hall–Kier alpha value is -2.42. The van der Waals surface area contributed by atoms with Crippen molar-refractivity contribution in [3.05, 3.63) is 41.3 Å². The first-order chi connectivity index (χ1) is 10.9. The topological polar surface area (TPSA) is 82.7 Å². The fourth-order valence-corrected chi connectivity index (χ4v) is 1.94. The molecule has 124 valence electrons. The minimum absolute atomic E-state index is 0.0641. The maximum atomic E-state index is 12.4. The molecule has 0 fully saturated rings. The highest BCUT2D eigenvalue weighted by Gasteiger charge is 2.30. The molecule has 1 atom stereocenters. The van der Waals surface area contributed by atoms with Crippen LogP contribution in [0.1, 0.15) is 28.5 Å². The van der Waals surface area contributed by atoms with Crippen LogP contribution in [0, 0.1) is 0 Å². The number of hydrogen-bond acceptors (Lipinski definition) is 5. The number of hydrogen-bond donors (Lipinski definition) is 3. The van der Waals surface area contributed by atoms with Gasteiger partial charge < -0.3 is 10.6 Å². The highest BCUT2D eigenvalue weighted by molar-refractivity contribution is 5.73. The zero-order valence-electron chi connectivity index (χ0n) is 12.3. The summed E-state index contributed by atoms with van der Waals surface area (Å²) in [5.41, 5.74) is 0.387. The van der Waals surface area contributed by atoms with Crippen molar-refractivity contribution < 1.29 is 18.0 Å². The van der Waals surface area contributed by atoms with Crippen molar-refractivity contribution >= 4 is 12.1 Å². The van der Waals surface area contributed by atoms with Gasteiger partial charge in [-0.05, 0) is 19.1 Å². The lowest BCUT2D eigenvalue weighted by Gasteiger charge is -2.15. The zero-order chi connectivity index (χ0) is 16.9. The van der Waals surface area contributed by atoms with E-state index < -0.39 is 11.7 Å². The number of H-pyrrole nitrogens is 1. The summed E-state index contributed by atoms with van der Waals surface area (Å²) in [5.74, 6) is 0.365. The number of rotatable bonds is 7. The van der Waals surface area contributed by atoms with Gasteiger partial charge in [0, 0.05) is 30.9 Å². The molecule has 0 saturated heterocycles. The average molecular weight is 327 g/mol. The van der Waals surface area contributed by atoms with E-state index in [4.69, 9.17) is 0 Å². The summed E-state index contributed by atoms with van der Waals surface area (Å²) in [4.78, 5) is 14.5. The molecule has 0 aliphatic heterocycles. The van der Waals surface area contributed by atoms with Crippen LogP contribution in [-0.4, -0.2) is 34.1 Å². The van der Waals surface area contributed by atoms with E-state index in [-0.39, 0.29) is 6.04 Å². The molecule has 2 aromatic rings. The molecule has 0 unspecified atom stereocenters. The second-order valence-electron chi connectivity index (χ2n) is 5.03. The van der Waals surface area contributed by atoms with E-state index in [1.807, 2.05) is 6.92 Å². The monoisotopic (exact) mass is 327 g/mol. The van der Waals surface area contributed by atoms with E-state index in [1.165, 1.54) is 6.07 Å². The molecule has 0 aromatic carbocycles. The Labute approximate surface area is 130 Å². The number of nitrogens with one attached hydrogen (secondary N) is 3. The van der Waals surface area contributed by atoms with Crippen LogP contribution in [0.15, 0.2) is 24.5 Å². The van der Waals surface area contributed by atoms with Crippen LogP contribution < -0.4 is 10.6 Å². The lowest BCUT2D eigenvalue weighted by Crippen LogP contribution is -2.30. The van der Waals surface area contributed by atoms with E-state index in [1.54, 1.807) is 6.20 Å². The van der Waals surface area contributed by atoms with Crippen molar-refractivity contribution in [3.8, 4) is 0 Å². The van der Waals surface area contributed by atoms with Crippen LogP contribution in [0.2, 0.25) is 0 Å². The molecular weight excluding hydrogens is 311 g/mol. The van der Waals surface area contributed by atoms with Gasteiger partial charge in [0.25, 0.3) is 0 Å². The Morgan fingerprint density at radius 1 is 1.35 bits per heavy atom. The van der Waals surface area contributed by atoms with Gasteiger partial charge in [0.2, 0.25) is 0 Å². The predicted molar refractivity (Wildman–Crippen MR) is 78.0 cm³/mol. The van der Waals surface area contributed by atoms with E-state index in [9.17, 15) is 18.0 Å². The molecule has 0 amide bonds. The molecule has 23 heavy (non-hydrogen) atoms. The Morgan fingerprint density at radius 3 is 2.74 bits per heavy atom. The average Bonchev–Trinajstić information content (AvgIpc) is 2.94. The third kappa shape index (κ3) is 4.78. The standard InChI is InChI=1S/C14H16F3N5O/c1-9(4-18-5-10-6-20-22-12(10)8-23)21-13-3-2-11(7-19-13)14(15,16)17/h2-3,6-9,18H,4-5H2,1H3,(H,19,21)(H,20,22)/t9-/m1/s1. The number of anilines is 1. The SMILES string of the molecule is C[C@H](CNCc1cn[nH]c1C=O)Nc1ccc(C(F)(F)F)cn1. The fourth-order valence-electron chi connectivity index (χ4n) is 1.94. The molecule has 3 N–H and O–H groups in total. The number of aldehydes is 1. The number of pyridine rings is 1. The highest BCUT2D eigenvalue weighted by atomic mass is 19.4. The Bertz CT molecular complexity index is 639. The molecule has 2 rings (SSSR count). The summed E-state index contributed by atoms with van der Waals surface area (Å²) in [6.45, 7) is 2.85. The van der Waals surface area contributed by atoms with Crippen molar-refractivity contribution in [2.24, 2.45) is 0 Å². The second-order valence-corrected chi connectivity index (χ2v) is 5.03. The summed E-state index contributed by atoms with van der Waals surface area (Å²) in [6.07, 6.45) is -1.34. The number of halogens is 3. The van der Waals surface area contributed by atoms with Gasteiger partial charge in [0.15, 0.2) is 6.29 Å². The molecule has 9 heteroatoms. The fraction of sp³-hybridized carbons (Fsp3) is 0.357. The maximum absolute atomic E-state index is 12.4. The van der Waals surface area contributed by atoms with Crippen molar-refractivity contribution in [2.75, 3.05) is 11.9 Å². The molecule has 6 nitrogen and oxygen atoms in total. The van der Waals surface area contributed by atoms with Gasteiger partial charge in [-0.1, -0.05) is 0 Å². The van der Waals surface area contributed by atoms with Gasteiger partial charge in [0.05, 0.1) is 11.8 Å². The maximum Gasteiger partial charge on any atom is 0.417 e. The number of aromatic amines is 1. The lowest BCUT2D eigenvalue weighted by molar-refractivity contribution is -0.137. The third-order valence-corrected chi connectivity index (χ3v) is 3.12. The lowest BCUT2D eigenvalue weighted by atomic mass is 10.2. The molecular formula is C14H16F3N5O. The first-order valence-corrected chi connectivity index (χ1v) is 6.88. The van der Waals surface area contributed by atoms with Crippen LogP contribution >= 0.6 is 0 Å². The van der Waals surface area contributed by atoms with Crippen LogP contribution in [-0.2, 0) is 12.7 Å². The van der Waals surface area contributed by atoms with Crippen LogP contribution in [0.5, 0.6) is 0 Å². The molecule has 0 bridgehead atoms. The van der Waals surface area contributed by atoms with Crippen LogP contribution in [0.3, 0.4) is 0 Å². The predicted octanol–water partition coefficient (Wildman–Crippen LogP) is 2.23. The molecule has 0 saturated carbocycles. The van der Waals surface area contributed by atoms with Crippen molar-refractivity contribution in [2.45, 2.75) is 25.7 Å². The van der Waals surface area contributed by atoms with E-state index in [0.29, 0.717) is 30.9 Å². The first-order valence-electron chi connectivity index (χ1n) is 6.88. The summed E-state index contributed by atoms with van der Waals surface area (Å²) in [6, 6.07) is 2.21. The zero-order valence-corrected chi connectivity index (χ0v) is 12.3. The Kier molecular flexibility index (Phi) is 5.32. The number of nitrogens with zero attached hydrogens (tertiary/aromatic N) is 2. The molecule has 2 heterocycles. The van der Waals surface area contributed by atoms with Gasteiger partial charge in [-0.25, -0.2) is 4.98 Å². The van der Waals surface area contributed by atoms with Gasteiger partial charge in [-0.15, -0.1) is 0 Å². The highest BCUT2D eigenvalue weighted by Crippen LogP contribution is 2.28. The summed E-state index contributed by atoms with van der Waals surface area (Å²) in [5, 5.41) is 12.5. The molecule has 2 aromatic heterocycles. The van der Waals surface area contributed by atoms with E-state index >= 15 is 0 Å². The second kappa shape index (κ2) is 7.23. The number of carbonyl (C=O) groups is 1.